The summed E-state index contributed by atoms with van der Waals surface area (Å²) in [7, 11) is 0. The van der Waals surface area contributed by atoms with Crippen molar-refractivity contribution in [2.75, 3.05) is 0 Å². The quantitative estimate of drug-likeness (QED) is 0.816. The van der Waals surface area contributed by atoms with E-state index in [-0.39, 0.29) is 23.0 Å². The lowest BCUT2D eigenvalue weighted by atomic mass is 10.1. The molecule has 0 bridgehead atoms. The van der Waals surface area contributed by atoms with E-state index in [0.29, 0.717) is 12.2 Å². The van der Waals surface area contributed by atoms with Gasteiger partial charge in [-0.15, -0.1) is 0 Å². The number of imidazole rings is 1. The summed E-state index contributed by atoms with van der Waals surface area (Å²) in [5, 5.41) is 9.11. The second-order valence-corrected chi connectivity index (χ2v) is 5.68. The highest BCUT2D eigenvalue weighted by atomic mass is 35.5. The number of hydrogen-bond donors (Lipinski definition) is 1. The van der Waals surface area contributed by atoms with Crippen LogP contribution in [0, 0.1) is 0 Å². The highest BCUT2D eigenvalue weighted by Crippen LogP contribution is 2.33. The van der Waals surface area contributed by atoms with E-state index in [4.69, 9.17) is 11.6 Å². The summed E-state index contributed by atoms with van der Waals surface area (Å²) in [6, 6.07) is 5.07. The Morgan fingerprint density at radius 3 is 2.58 bits per heavy atom. The number of aryl methyl sites for hydroxylation is 1. The molecule has 0 amide bonds. The number of aromatic nitrogens is 2. The van der Waals surface area contributed by atoms with Gasteiger partial charge in [0.15, 0.2) is 10.8 Å². The molecule has 130 valence electrons. The van der Waals surface area contributed by atoms with Gasteiger partial charge in [0.05, 0.1) is 12.1 Å². The van der Waals surface area contributed by atoms with Gasteiger partial charge >= 0.3 is 12.1 Å². The smallest absolute Gasteiger partial charge is 0.416 e. The Kier molecular flexibility index (Phi) is 5.54. The average Bonchev–Trinajstić information content (AvgIpc) is 2.80. The first-order chi connectivity index (χ1) is 11.3. The lowest BCUT2D eigenvalue weighted by Gasteiger charge is -2.15. The second-order valence-electron chi connectivity index (χ2n) is 5.32. The number of rotatable bonds is 6. The van der Waals surface area contributed by atoms with Gasteiger partial charge in [0.25, 0.3) is 0 Å². The molecule has 0 unspecified atom stereocenters. The maximum atomic E-state index is 13.2. The Hall–Kier alpha value is -2.02. The molecule has 24 heavy (non-hydrogen) atoms. The van der Waals surface area contributed by atoms with Crippen LogP contribution in [0.3, 0.4) is 0 Å². The highest BCUT2D eigenvalue weighted by molar-refractivity contribution is 6.32. The zero-order valence-electron chi connectivity index (χ0n) is 12.9. The minimum Gasteiger partial charge on any atom is -0.476 e. The van der Waals surface area contributed by atoms with Crippen molar-refractivity contribution in [2.45, 2.75) is 38.9 Å². The molecule has 0 radical (unpaired) electrons. The van der Waals surface area contributed by atoms with Gasteiger partial charge in [0.1, 0.15) is 5.82 Å². The Bertz CT molecular complexity index is 741. The molecular formula is C16H16ClF3N2O2. The lowest BCUT2D eigenvalue weighted by Crippen LogP contribution is -2.16. The first-order valence-electron chi connectivity index (χ1n) is 7.39. The minimum absolute atomic E-state index is 0.0284. The predicted octanol–water partition coefficient (Wildman–Crippen LogP) is 4.64. The van der Waals surface area contributed by atoms with Gasteiger partial charge in [-0.05, 0) is 18.1 Å². The maximum Gasteiger partial charge on any atom is 0.416 e. The fourth-order valence-electron chi connectivity index (χ4n) is 2.47. The average molecular weight is 361 g/mol. The van der Waals surface area contributed by atoms with E-state index in [1.807, 2.05) is 6.92 Å². The largest absolute Gasteiger partial charge is 0.476 e. The van der Waals surface area contributed by atoms with E-state index in [9.17, 15) is 23.1 Å². The van der Waals surface area contributed by atoms with Crippen LogP contribution in [0.1, 0.15) is 47.2 Å². The van der Waals surface area contributed by atoms with Gasteiger partial charge in [-0.25, -0.2) is 9.78 Å². The molecule has 4 nitrogen and oxygen atoms in total. The predicted molar refractivity (Wildman–Crippen MR) is 83.4 cm³/mol. The molecule has 2 aromatic rings. The van der Waals surface area contributed by atoms with E-state index >= 15 is 0 Å². The number of carboxylic acid groups (broad SMARTS) is 1. The van der Waals surface area contributed by atoms with Crippen LogP contribution in [0.2, 0.25) is 5.15 Å². The summed E-state index contributed by atoms with van der Waals surface area (Å²) in [6.07, 6.45) is -2.51. The molecule has 1 N–H and O–H groups in total. The molecule has 2 rings (SSSR count). The third kappa shape index (κ3) is 3.90. The standard InChI is InChI=1S/C16H16ClF3N2O2/c1-2-3-8-12-21-14(17)13(15(23)24)22(12)9-10-6-4-5-7-11(10)16(18,19)20/h4-7H,2-3,8-9H2,1H3,(H,23,24). The van der Waals surface area contributed by atoms with Crippen LogP contribution < -0.4 is 0 Å². The SMILES string of the molecule is CCCCc1nc(Cl)c(C(=O)O)n1Cc1ccccc1C(F)(F)F. The molecule has 0 fully saturated rings. The molecule has 0 saturated heterocycles. The van der Waals surface area contributed by atoms with Crippen molar-refractivity contribution < 1.29 is 23.1 Å². The molecule has 0 aliphatic heterocycles. The van der Waals surface area contributed by atoms with Crippen LogP contribution in [-0.2, 0) is 19.1 Å². The number of benzene rings is 1. The zero-order chi connectivity index (χ0) is 17.9. The third-order valence-electron chi connectivity index (χ3n) is 3.61. The van der Waals surface area contributed by atoms with E-state index < -0.39 is 17.7 Å². The van der Waals surface area contributed by atoms with Crippen molar-refractivity contribution >= 4 is 17.6 Å². The first-order valence-corrected chi connectivity index (χ1v) is 7.76. The summed E-state index contributed by atoms with van der Waals surface area (Å²) in [5.41, 5.74) is -1.12. The van der Waals surface area contributed by atoms with Crippen LogP contribution in [0.5, 0.6) is 0 Å². The van der Waals surface area contributed by atoms with Crippen LogP contribution in [0.25, 0.3) is 0 Å². The molecule has 1 heterocycles. The molecule has 8 heteroatoms. The van der Waals surface area contributed by atoms with Crippen LogP contribution in [0.4, 0.5) is 13.2 Å². The number of alkyl halides is 3. The van der Waals surface area contributed by atoms with Crippen molar-refractivity contribution in [1.29, 1.82) is 0 Å². The van der Waals surface area contributed by atoms with Crippen molar-refractivity contribution in [1.82, 2.24) is 9.55 Å². The van der Waals surface area contributed by atoms with Crippen molar-refractivity contribution in [3.05, 3.63) is 52.1 Å². The number of nitrogens with zero attached hydrogens (tertiary/aromatic N) is 2. The molecule has 0 aliphatic rings. The number of carbonyl (C=O) groups is 1. The molecular weight excluding hydrogens is 345 g/mol. The Labute approximate surface area is 141 Å². The first kappa shape index (κ1) is 18.3. The van der Waals surface area contributed by atoms with Crippen molar-refractivity contribution in [3.63, 3.8) is 0 Å². The fourth-order valence-corrected chi connectivity index (χ4v) is 2.75. The van der Waals surface area contributed by atoms with Crippen molar-refractivity contribution in [2.24, 2.45) is 0 Å². The number of halogens is 4. The lowest BCUT2D eigenvalue weighted by molar-refractivity contribution is -0.138. The Morgan fingerprint density at radius 2 is 2.00 bits per heavy atom. The third-order valence-corrected chi connectivity index (χ3v) is 3.88. The van der Waals surface area contributed by atoms with Crippen LogP contribution in [0.15, 0.2) is 24.3 Å². The molecule has 0 atom stereocenters. The molecule has 1 aromatic carbocycles. The summed E-state index contributed by atoms with van der Waals surface area (Å²) < 4.78 is 40.7. The second kappa shape index (κ2) is 7.25. The molecule has 0 saturated carbocycles. The van der Waals surface area contributed by atoms with Gasteiger partial charge < -0.3 is 9.67 Å². The van der Waals surface area contributed by atoms with Crippen molar-refractivity contribution in [3.8, 4) is 0 Å². The maximum absolute atomic E-state index is 13.2. The van der Waals surface area contributed by atoms with Crippen LogP contribution in [-0.4, -0.2) is 20.6 Å². The molecule has 0 spiro atoms. The number of hydrogen-bond acceptors (Lipinski definition) is 2. The summed E-state index contributed by atoms with van der Waals surface area (Å²) in [5.74, 6) is -0.948. The monoisotopic (exact) mass is 360 g/mol. The van der Waals surface area contributed by atoms with E-state index in [1.54, 1.807) is 0 Å². The van der Waals surface area contributed by atoms with E-state index in [2.05, 4.69) is 4.98 Å². The van der Waals surface area contributed by atoms with E-state index in [1.165, 1.54) is 22.8 Å². The highest BCUT2D eigenvalue weighted by Gasteiger charge is 2.33. The van der Waals surface area contributed by atoms with Gasteiger partial charge in [0.2, 0.25) is 0 Å². The van der Waals surface area contributed by atoms with Gasteiger partial charge in [0, 0.05) is 6.42 Å². The van der Waals surface area contributed by atoms with Crippen LogP contribution >= 0.6 is 11.6 Å². The number of unbranched alkanes of at least 4 members (excludes halogenated alkanes) is 1. The minimum atomic E-state index is -4.52. The molecule has 0 aliphatic carbocycles. The van der Waals surface area contributed by atoms with Gasteiger partial charge in [-0.2, -0.15) is 13.2 Å². The fraction of sp³-hybridized carbons (Fsp3) is 0.375. The number of aromatic carboxylic acids is 1. The Balaban J connectivity index is 2.51. The summed E-state index contributed by atoms with van der Waals surface area (Å²) in [4.78, 5) is 15.5. The summed E-state index contributed by atoms with van der Waals surface area (Å²) in [6.45, 7) is 1.70. The molecule has 1 aromatic heterocycles. The van der Waals surface area contributed by atoms with E-state index in [0.717, 1.165) is 18.9 Å². The van der Waals surface area contributed by atoms with Gasteiger partial charge in [-0.3, -0.25) is 0 Å². The zero-order valence-corrected chi connectivity index (χ0v) is 13.7. The Morgan fingerprint density at radius 1 is 1.33 bits per heavy atom. The summed E-state index contributed by atoms with van der Waals surface area (Å²) >= 11 is 5.88. The number of carboxylic acids is 1. The topological polar surface area (TPSA) is 55.1 Å². The normalized spacial score (nSPS) is 11.7. The van der Waals surface area contributed by atoms with Gasteiger partial charge in [-0.1, -0.05) is 43.1 Å².